The Labute approximate surface area is 127 Å². The smallest absolute Gasteiger partial charge is 0.413 e. The largest absolute Gasteiger partial charge is 0.478 e. The van der Waals surface area contributed by atoms with Crippen molar-refractivity contribution in [3.05, 3.63) is 22.4 Å². The van der Waals surface area contributed by atoms with Gasteiger partial charge in [-0.3, -0.25) is 0 Å². The number of hydrogen-bond donors (Lipinski definition) is 3. The molecular weight excluding hydrogens is 329 g/mol. The van der Waals surface area contributed by atoms with Crippen molar-refractivity contribution in [3.63, 3.8) is 0 Å². The number of allylic oxidation sites excluding steroid dienone is 1. The summed E-state index contributed by atoms with van der Waals surface area (Å²) in [6, 6.07) is -2.90. The number of carboxylic acid groups (broad SMARTS) is 2. The van der Waals surface area contributed by atoms with Crippen molar-refractivity contribution in [2.24, 2.45) is 5.92 Å². The highest BCUT2D eigenvalue weighted by Gasteiger charge is 2.50. The second-order valence-electron chi connectivity index (χ2n) is 5.31. The Morgan fingerprint density at radius 2 is 1.70 bits per heavy atom. The molecular formula is C13H14F5NO4. The summed E-state index contributed by atoms with van der Waals surface area (Å²) in [6.07, 6.45) is -9.10. The lowest BCUT2D eigenvalue weighted by Gasteiger charge is -2.32. The van der Waals surface area contributed by atoms with Gasteiger partial charge in [0.05, 0.1) is 16.8 Å². The van der Waals surface area contributed by atoms with Crippen LogP contribution in [0.25, 0.3) is 0 Å². The van der Waals surface area contributed by atoms with Gasteiger partial charge in [-0.05, 0) is 17.9 Å². The number of hydrogen-bond acceptors (Lipinski definition) is 3. The van der Waals surface area contributed by atoms with Crippen molar-refractivity contribution in [2.75, 3.05) is 0 Å². The highest BCUT2D eigenvalue weighted by Crippen LogP contribution is 2.38. The van der Waals surface area contributed by atoms with Crippen LogP contribution in [-0.4, -0.2) is 40.8 Å². The molecule has 0 fully saturated rings. The van der Waals surface area contributed by atoms with Crippen molar-refractivity contribution in [1.82, 2.24) is 5.32 Å². The molecule has 1 unspecified atom stereocenters. The molecule has 0 spiro atoms. The van der Waals surface area contributed by atoms with E-state index in [-0.39, 0.29) is 0 Å². The second kappa shape index (κ2) is 6.55. The van der Waals surface area contributed by atoms with Gasteiger partial charge in [-0.25, -0.2) is 18.4 Å². The van der Waals surface area contributed by atoms with Crippen LogP contribution in [0, 0.1) is 5.92 Å². The first-order chi connectivity index (χ1) is 10.4. The molecule has 1 aliphatic heterocycles. The van der Waals surface area contributed by atoms with Crippen LogP contribution in [0.1, 0.15) is 20.3 Å². The molecule has 1 heterocycles. The SMILES string of the molecule is CC(C)CC1=C(C(=O)O)C(C(F)(F)F)NC(C(F)F)=C1C(=O)O. The first-order valence-corrected chi connectivity index (χ1v) is 6.43. The number of halogens is 5. The van der Waals surface area contributed by atoms with Gasteiger partial charge in [0.15, 0.2) is 6.04 Å². The van der Waals surface area contributed by atoms with E-state index in [9.17, 15) is 31.5 Å². The molecule has 1 rings (SSSR count). The Kier molecular flexibility index (Phi) is 5.39. The summed E-state index contributed by atoms with van der Waals surface area (Å²) in [4.78, 5) is 22.5. The van der Waals surface area contributed by atoms with Crippen LogP contribution in [0.15, 0.2) is 22.4 Å². The van der Waals surface area contributed by atoms with Crippen LogP contribution in [0.3, 0.4) is 0 Å². The molecule has 0 aromatic rings. The molecule has 0 saturated heterocycles. The van der Waals surface area contributed by atoms with Crippen molar-refractivity contribution in [3.8, 4) is 0 Å². The average molecular weight is 343 g/mol. The van der Waals surface area contributed by atoms with E-state index in [1.165, 1.54) is 19.2 Å². The van der Waals surface area contributed by atoms with Crippen molar-refractivity contribution >= 4 is 11.9 Å². The van der Waals surface area contributed by atoms with Crippen LogP contribution < -0.4 is 5.32 Å². The first-order valence-electron chi connectivity index (χ1n) is 6.43. The summed E-state index contributed by atoms with van der Waals surface area (Å²) >= 11 is 0. The van der Waals surface area contributed by atoms with Gasteiger partial charge in [0.25, 0.3) is 6.43 Å². The highest BCUT2D eigenvalue weighted by molar-refractivity contribution is 5.99. The Morgan fingerprint density at radius 3 is 2.00 bits per heavy atom. The van der Waals surface area contributed by atoms with E-state index in [4.69, 9.17) is 10.2 Å². The summed E-state index contributed by atoms with van der Waals surface area (Å²) in [7, 11) is 0. The fourth-order valence-electron chi connectivity index (χ4n) is 2.31. The maximum Gasteiger partial charge on any atom is 0.413 e. The number of carbonyl (C=O) groups is 2. The molecule has 0 saturated carbocycles. The van der Waals surface area contributed by atoms with Gasteiger partial charge in [-0.1, -0.05) is 13.8 Å². The summed E-state index contributed by atoms with van der Waals surface area (Å²) in [5.41, 5.74) is -4.56. The Hall–Kier alpha value is -2.13. The number of aliphatic carboxylic acids is 2. The zero-order valence-electron chi connectivity index (χ0n) is 12.0. The molecule has 1 atom stereocenters. The molecule has 10 heteroatoms. The minimum absolute atomic E-state index is 0.395. The number of carboxylic acids is 2. The van der Waals surface area contributed by atoms with Crippen LogP contribution in [0.5, 0.6) is 0 Å². The van der Waals surface area contributed by atoms with Gasteiger partial charge in [0.2, 0.25) is 0 Å². The van der Waals surface area contributed by atoms with E-state index >= 15 is 0 Å². The molecule has 23 heavy (non-hydrogen) atoms. The average Bonchev–Trinajstić information content (AvgIpc) is 2.34. The second-order valence-corrected chi connectivity index (χ2v) is 5.31. The minimum atomic E-state index is -5.18. The lowest BCUT2D eigenvalue weighted by molar-refractivity contribution is -0.155. The monoisotopic (exact) mass is 343 g/mol. The number of alkyl halides is 5. The maximum atomic E-state index is 13.1. The summed E-state index contributed by atoms with van der Waals surface area (Å²) in [5.74, 6) is -4.37. The topological polar surface area (TPSA) is 86.6 Å². The van der Waals surface area contributed by atoms with Gasteiger partial charge in [-0.15, -0.1) is 0 Å². The van der Waals surface area contributed by atoms with Gasteiger partial charge < -0.3 is 15.5 Å². The van der Waals surface area contributed by atoms with E-state index in [0.717, 1.165) is 0 Å². The quantitative estimate of drug-likeness (QED) is 0.668. The van der Waals surface area contributed by atoms with Crippen LogP contribution in [-0.2, 0) is 9.59 Å². The van der Waals surface area contributed by atoms with E-state index in [1.807, 2.05) is 0 Å². The fraction of sp³-hybridized carbons (Fsp3) is 0.538. The van der Waals surface area contributed by atoms with Crippen LogP contribution in [0.4, 0.5) is 22.0 Å². The van der Waals surface area contributed by atoms with Gasteiger partial charge in [0, 0.05) is 0 Å². The minimum Gasteiger partial charge on any atom is -0.478 e. The van der Waals surface area contributed by atoms with Gasteiger partial charge >= 0.3 is 18.1 Å². The fourth-order valence-corrected chi connectivity index (χ4v) is 2.31. The number of rotatable bonds is 5. The summed E-state index contributed by atoms with van der Waals surface area (Å²) < 4.78 is 65.2. The predicted octanol–water partition coefficient (Wildman–Crippen LogP) is 2.55. The number of dihydropyridines is 1. The highest BCUT2D eigenvalue weighted by atomic mass is 19.4. The molecule has 0 aliphatic carbocycles. The normalized spacial score (nSPS) is 19.4. The number of nitrogens with one attached hydrogen (secondary N) is 1. The third kappa shape index (κ3) is 3.99. The van der Waals surface area contributed by atoms with Crippen molar-refractivity contribution in [1.29, 1.82) is 0 Å². The van der Waals surface area contributed by atoms with E-state index < -0.39 is 65.3 Å². The molecule has 5 nitrogen and oxygen atoms in total. The van der Waals surface area contributed by atoms with Crippen molar-refractivity contribution < 1.29 is 41.8 Å². The lowest BCUT2D eigenvalue weighted by atomic mass is 9.84. The standard InChI is InChI=1S/C13H14F5NO4/c1-4(2)3-5-6(11(20)21)8(10(14)15)19-9(13(16,17)18)7(5)12(22)23/h4,9-10,19H,3H2,1-2H3,(H,20,21)(H,22,23). The van der Waals surface area contributed by atoms with Gasteiger partial charge in [-0.2, -0.15) is 13.2 Å². The third-order valence-corrected chi connectivity index (χ3v) is 3.09. The predicted molar refractivity (Wildman–Crippen MR) is 67.8 cm³/mol. The molecule has 1 aliphatic rings. The Morgan fingerprint density at radius 1 is 1.17 bits per heavy atom. The Balaban J connectivity index is 3.75. The summed E-state index contributed by atoms with van der Waals surface area (Å²) in [6.45, 7) is 3.00. The van der Waals surface area contributed by atoms with E-state index in [0.29, 0.717) is 0 Å². The lowest BCUT2D eigenvalue weighted by Crippen LogP contribution is -2.50. The zero-order chi connectivity index (χ0) is 18.1. The van der Waals surface area contributed by atoms with Crippen molar-refractivity contribution in [2.45, 2.75) is 38.9 Å². The molecule has 0 aromatic heterocycles. The van der Waals surface area contributed by atoms with Crippen LogP contribution >= 0.6 is 0 Å². The Bertz CT molecular complexity index is 577. The van der Waals surface area contributed by atoms with Crippen LogP contribution in [0.2, 0.25) is 0 Å². The van der Waals surface area contributed by atoms with E-state index in [1.54, 1.807) is 0 Å². The third-order valence-electron chi connectivity index (χ3n) is 3.09. The van der Waals surface area contributed by atoms with Gasteiger partial charge in [0.1, 0.15) is 0 Å². The van der Waals surface area contributed by atoms with E-state index in [2.05, 4.69) is 0 Å². The molecule has 130 valence electrons. The summed E-state index contributed by atoms with van der Waals surface area (Å²) in [5, 5.41) is 19.5. The molecule has 0 radical (unpaired) electrons. The molecule has 0 amide bonds. The zero-order valence-corrected chi connectivity index (χ0v) is 12.0. The first kappa shape index (κ1) is 18.9. The molecule has 0 bridgehead atoms. The molecule has 3 N–H and O–H groups in total. The maximum absolute atomic E-state index is 13.1. The molecule has 0 aromatic carbocycles.